The zero-order valence-electron chi connectivity index (χ0n) is 10.9. The van der Waals surface area contributed by atoms with Gasteiger partial charge in [-0.05, 0) is 18.6 Å². The predicted octanol–water partition coefficient (Wildman–Crippen LogP) is 2.07. The third-order valence-electron chi connectivity index (χ3n) is 2.39. The van der Waals surface area contributed by atoms with E-state index in [9.17, 15) is 14.4 Å². The lowest BCUT2D eigenvalue weighted by Crippen LogP contribution is -2.41. The van der Waals surface area contributed by atoms with Crippen molar-refractivity contribution in [2.24, 2.45) is 0 Å². The molecule has 1 heterocycles. The summed E-state index contributed by atoms with van der Waals surface area (Å²) in [6.07, 6.45) is -0.445. The number of carbonyl (C=O) groups excluding carboxylic acids is 1. The molecule has 1 amide bonds. The number of aliphatic carboxylic acids is 2. The minimum Gasteiger partial charge on any atom is -0.481 e. The van der Waals surface area contributed by atoms with Gasteiger partial charge in [0.1, 0.15) is 6.04 Å². The van der Waals surface area contributed by atoms with Crippen molar-refractivity contribution in [3.63, 3.8) is 0 Å². The lowest BCUT2D eigenvalue weighted by Gasteiger charge is -2.13. The number of hydrogen-bond acceptors (Lipinski definition) is 5. The van der Waals surface area contributed by atoms with Crippen LogP contribution in [0.15, 0.2) is 12.1 Å². The Bertz CT molecular complexity index is 520. The topological polar surface area (TPSA) is 104 Å². The summed E-state index contributed by atoms with van der Waals surface area (Å²) in [4.78, 5) is 34.0. The maximum atomic E-state index is 11.6. The Morgan fingerprint density at radius 2 is 2.05 bits per heavy atom. The molecule has 9 heteroatoms. The van der Waals surface area contributed by atoms with E-state index in [1.54, 1.807) is 6.07 Å². The Morgan fingerprint density at radius 1 is 1.33 bits per heavy atom. The predicted molar refractivity (Wildman–Crippen MR) is 81.9 cm³/mol. The summed E-state index contributed by atoms with van der Waals surface area (Å²) in [7, 11) is 0. The summed E-state index contributed by atoms with van der Waals surface area (Å²) in [5.74, 6) is -2.05. The molecule has 1 aromatic heterocycles. The molecule has 1 rings (SSSR count). The highest BCUT2D eigenvalue weighted by atomic mass is 35.5. The molecular weight excluding hydrogens is 338 g/mol. The van der Waals surface area contributed by atoms with Crippen LogP contribution in [0.2, 0.25) is 4.34 Å². The molecule has 1 aromatic rings. The summed E-state index contributed by atoms with van der Waals surface area (Å²) in [5, 5.41) is 19.8. The number of rotatable bonds is 9. The van der Waals surface area contributed by atoms with E-state index in [1.807, 2.05) is 6.07 Å². The monoisotopic (exact) mass is 351 g/mol. The van der Waals surface area contributed by atoms with E-state index < -0.39 is 23.9 Å². The third kappa shape index (κ3) is 7.35. The SMILES string of the molecule is O=C(O)CC[C@H](NC(=O)CSCc1ccc(Cl)s1)C(=O)O. The third-order valence-corrected chi connectivity index (χ3v) is 4.78. The summed E-state index contributed by atoms with van der Waals surface area (Å²) >= 11 is 8.54. The van der Waals surface area contributed by atoms with Crippen LogP contribution in [0.4, 0.5) is 0 Å². The molecular formula is C12H14ClNO5S2. The van der Waals surface area contributed by atoms with Crippen LogP contribution in [0.1, 0.15) is 17.7 Å². The van der Waals surface area contributed by atoms with Crippen LogP contribution < -0.4 is 5.32 Å². The Labute approximate surface area is 134 Å². The van der Waals surface area contributed by atoms with Gasteiger partial charge in [-0.2, -0.15) is 0 Å². The molecule has 0 unspecified atom stereocenters. The Morgan fingerprint density at radius 3 is 2.57 bits per heavy atom. The number of halogens is 1. The molecule has 0 bridgehead atoms. The number of carboxylic acid groups (broad SMARTS) is 2. The van der Waals surface area contributed by atoms with Crippen molar-refractivity contribution < 1.29 is 24.6 Å². The maximum absolute atomic E-state index is 11.6. The second-order valence-corrected chi connectivity index (χ2v) is 6.87. The number of amides is 1. The molecule has 1 atom stereocenters. The Balaban J connectivity index is 2.32. The molecule has 0 aliphatic rings. The van der Waals surface area contributed by atoms with Crippen molar-refractivity contribution in [1.82, 2.24) is 5.32 Å². The van der Waals surface area contributed by atoms with Crippen molar-refractivity contribution in [3.8, 4) is 0 Å². The highest BCUT2D eigenvalue weighted by Crippen LogP contribution is 2.24. The van der Waals surface area contributed by atoms with E-state index in [4.69, 9.17) is 21.8 Å². The number of carbonyl (C=O) groups is 3. The van der Waals surface area contributed by atoms with Gasteiger partial charge in [-0.3, -0.25) is 9.59 Å². The van der Waals surface area contributed by atoms with Gasteiger partial charge >= 0.3 is 11.9 Å². The van der Waals surface area contributed by atoms with Crippen LogP contribution in [0.5, 0.6) is 0 Å². The molecule has 0 aliphatic heterocycles. The molecule has 21 heavy (non-hydrogen) atoms. The van der Waals surface area contributed by atoms with Gasteiger partial charge in [-0.15, -0.1) is 23.1 Å². The first-order chi connectivity index (χ1) is 9.88. The summed E-state index contributed by atoms with van der Waals surface area (Å²) in [6.45, 7) is 0. The Kier molecular flexibility index (Phi) is 7.55. The van der Waals surface area contributed by atoms with E-state index in [0.29, 0.717) is 10.1 Å². The molecule has 0 saturated carbocycles. The second-order valence-electron chi connectivity index (χ2n) is 4.09. The number of carboxylic acids is 2. The normalized spacial score (nSPS) is 11.9. The van der Waals surface area contributed by atoms with Crippen LogP contribution >= 0.6 is 34.7 Å². The van der Waals surface area contributed by atoms with E-state index in [-0.39, 0.29) is 18.6 Å². The molecule has 6 nitrogen and oxygen atoms in total. The smallest absolute Gasteiger partial charge is 0.326 e. The highest BCUT2D eigenvalue weighted by molar-refractivity contribution is 7.99. The number of thioether (sulfide) groups is 1. The van der Waals surface area contributed by atoms with Crippen LogP contribution in [-0.4, -0.2) is 39.9 Å². The van der Waals surface area contributed by atoms with Crippen molar-refractivity contribution in [2.45, 2.75) is 24.6 Å². The minimum absolute atomic E-state index is 0.104. The van der Waals surface area contributed by atoms with Crippen LogP contribution in [-0.2, 0) is 20.1 Å². The summed E-state index contributed by atoms with van der Waals surface area (Å²) < 4.78 is 0.676. The van der Waals surface area contributed by atoms with Gasteiger partial charge in [0.25, 0.3) is 0 Å². The maximum Gasteiger partial charge on any atom is 0.326 e. The van der Waals surface area contributed by atoms with E-state index in [0.717, 1.165) is 4.88 Å². The van der Waals surface area contributed by atoms with Gasteiger partial charge in [0, 0.05) is 17.1 Å². The fourth-order valence-electron chi connectivity index (χ4n) is 1.43. The van der Waals surface area contributed by atoms with Crippen molar-refractivity contribution >= 4 is 52.5 Å². The fraction of sp³-hybridized carbons (Fsp3) is 0.417. The number of nitrogens with one attached hydrogen (secondary N) is 1. The van der Waals surface area contributed by atoms with Crippen molar-refractivity contribution in [2.75, 3.05) is 5.75 Å². The highest BCUT2D eigenvalue weighted by Gasteiger charge is 2.20. The average molecular weight is 352 g/mol. The van der Waals surface area contributed by atoms with Gasteiger partial charge in [0.2, 0.25) is 5.91 Å². The van der Waals surface area contributed by atoms with Crippen LogP contribution in [0, 0.1) is 0 Å². The van der Waals surface area contributed by atoms with E-state index in [2.05, 4.69) is 5.32 Å². The molecule has 0 radical (unpaired) electrons. The first-order valence-electron chi connectivity index (χ1n) is 5.94. The minimum atomic E-state index is -1.24. The largest absolute Gasteiger partial charge is 0.481 e. The van der Waals surface area contributed by atoms with Crippen molar-refractivity contribution in [3.05, 3.63) is 21.3 Å². The van der Waals surface area contributed by atoms with Gasteiger partial charge in [0.15, 0.2) is 0 Å². The lowest BCUT2D eigenvalue weighted by atomic mass is 10.1. The Hall–Kier alpha value is -1.25. The summed E-state index contributed by atoms with van der Waals surface area (Å²) in [6, 6.07) is 2.46. The fourth-order valence-corrected chi connectivity index (χ4v) is 3.47. The first kappa shape index (κ1) is 17.8. The first-order valence-corrected chi connectivity index (χ1v) is 8.29. The molecule has 0 spiro atoms. The van der Waals surface area contributed by atoms with E-state index >= 15 is 0 Å². The van der Waals surface area contributed by atoms with Crippen LogP contribution in [0.25, 0.3) is 0 Å². The van der Waals surface area contributed by atoms with Gasteiger partial charge in [-0.25, -0.2) is 4.79 Å². The molecule has 0 aromatic carbocycles. The standard InChI is InChI=1S/C12H14ClNO5S2/c13-9-3-1-7(21-9)5-20-6-10(15)14-8(12(18)19)2-4-11(16)17/h1,3,8H,2,4-6H2,(H,14,15)(H,16,17)(H,18,19)/t8-/m0/s1. The number of thiophene rings is 1. The molecule has 0 fully saturated rings. The number of hydrogen-bond donors (Lipinski definition) is 3. The quantitative estimate of drug-likeness (QED) is 0.629. The molecule has 3 N–H and O–H groups in total. The molecule has 0 saturated heterocycles. The molecule has 0 aliphatic carbocycles. The summed E-state index contributed by atoms with van der Waals surface area (Å²) in [5.41, 5.74) is 0. The van der Waals surface area contributed by atoms with Gasteiger partial charge < -0.3 is 15.5 Å². The second kappa shape index (κ2) is 8.91. The van der Waals surface area contributed by atoms with Gasteiger partial charge in [0.05, 0.1) is 10.1 Å². The van der Waals surface area contributed by atoms with E-state index in [1.165, 1.54) is 23.1 Å². The zero-order chi connectivity index (χ0) is 15.8. The van der Waals surface area contributed by atoms with Gasteiger partial charge in [-0.1, -0.05) is 11.6 Å². The van der Waals surface area contributed by atoms with Crippen LogP contribution in [0.3, 0.4) is 0 Å². The average Bonchev–Trinajstić information content (AvgIpc) is 2.79. The zero-order valence-corrected chi connectivity index (χ0v) is 13.3. The molecule has 116 valence electrons. The van der Waals surface area contributed by atoms with Crippen molar-refractivity contribution in [1.29, 1.82) is 0 Å². The lowest BCUT2D eigenvalue weighted by molar-refractivity contribution is -0.142.